The van der Waals surface area contributed by atoms with Gasteiger partial charge in [-0.3, -0.25) is 20.1 Å². The minimum atomic E-state index is -0.387. The molecule has 0 saturated heterocycles. The molecule has 0 aliphatic rings. The molecule has 0 aliphatic heterocycles. The van der Waals surface area contributed by atoms with E-state index in [4.69, 9.17) is 0 Å². The fourth-order valence-electron chi connectivity index (χ4n) is 1.79. The summed E-state index contributed by atoms with van der Waals surface area (Å²) in [6.45, 7) is 4.41. The van der Waals surface area contributed by atoms with E-state index < -0.39 is 0 Å². The van der Waals surface area contributed by atoms with Crippen LogP contribution in [0.3, 0.4) is 0 Å². The molecule has 0 bridgehead atoms. The summed E-state index contributed by atoms with van der Waals surface area (Å²) in [4.78, 5) is 18.8. The zero-order valence-corrected chi connectivity index (χ0v) is 11.4. The van der Waals surface area contributed by atoms with E-state index in [1.54, 1.807) is 24.5 Å². The Kier molecular flexibility index (Phi) is 4.37. The van der Waals surface area contributed by atoms with Crippen molar-refractivity contribution >= 4 is 5.69 Å². The lowest BCUT2D eigenvalue weighted by molar-refractivity contribution is -0.384. The molecule has 2 rings (SSSR count). The van der Waals surface area contributed by atoms with Crippen molar-refractivity contribution in [2.24, 2.45) is 0 Å². The van der Waals surface area contributed by atoms with E-state index in [-0.39, 0.29) is 16.7 Å². The number of non-ortho nitro benzene ring substituents is 1. The van der Waals surface area contributed by atoms with Crippen LogP contribution in [0.2, 0.25) is 0 Å². The number of nitro benzene ring substituents is 1. The lowest BCUT2D eigenvalue weighted by Crippen LogP contribution is -2.19. The van der Waals surface area contributed by atoms with Crippen LogP contribution < -0.4 is 5.32 Å². The lowest BCUT2D eigenvalue weighted by Gasteiger charge is -2.13. The summed E-state index contributed by atoms with van der Waals surface area (Å²) in [5.74, 6) is 0. The largest absolute Gasteiger partial charge is 0.305 e. The van der Waals surface area contributed by atoms with Crippen LogP contribution in [0, 0.1) is 17.0 Å². The van der Waals surface area contributed by atoms with Crippen molar-refractivity contribution in [3.05, 3.63) is 63.7 Å². The van der Waals surface area contributed by atoms with E-state index >= 15 is 0 Å². The van der Waals surface area contributed by atoms with Gasteiger partial charge in [0.1, 0.15) is 0 Å². The van der Waals surface area contributed by atoms with Crippen LogP contribution in [0.1, 0.15) is 29.9 Å². The Morgan fingerprint density at radius 3 is 2.80 bits per heavy atom. The molecule has 6 heteroatoms. The molecular weight excluding hydrogens is 256 g/mol. The quantitative estimate of drug-likeness (QED) is 0.668. The lowest BCUT2D eigenvalue weighted by atomic mass is 10.1. The molecule has 20 heavy (non-hydrogen) atoms. The van der Waals surface area contributed by atoms with Gasteiger partial charge in [-0.1, -0.05) is 12.1 Å². The molecule has 0 saturated carbocycles. The number of hydrogen-bond acceptors (Lipinski definition) is 5. The van der Waals surface area contributed by atoms with Crippen molar-refractivity contribution in [2.45, 2.75) is 26.4 Å². The topological polar surface area (TPSA) is 81.0 Å². The molecule has 0 fully saturated rings. The maximum atomic E-state index is 10.8. The van der Waals surface area contributed by atoms with Crippen molar-refractivity contribution in [3.63, 3.8) is 0 Å². The number of hydrogen-bond donors (Lipinski definition) is 1. The summed E-state index contributed by atoms with van der Waals surface area (Å²) in [5.41, 5.74) is 2.69. The fraction of sp³-hybridized carbons (Fsp3) is 0.286. The Balaban J connectivity index is 2.01. The summed E-state index contributed by atoms with van der Waals surface area (Å²) in [5, 5.41) is 14.0. The van der Waals surface area contributed by atoms with Gasteiger partial charge in [0.15, 0.2) is 0 Å². The number of benzene rings is 1. The van der Waals surface area contributed by atoms with Crippen LogP contribution >= 0.6 is 0 Å². The first-order valence-electron chi connectivity index (χ1n) is 6.31. The van der Waals surface area contributed by atoms with Crippen LogP contribution in [0.25, 0.3) is 0 Å². The molecular formula is C14H16N4O2. The highest BCUT2D eigenvalue weighted by Gasteiger charge is 2.10. The van der Waals surface area contributed by atoms with Crippen molar-refractivity contribution in [1.82, 2.24) is 15.3 Å². The second kappa shape index (κ2) is 6.21. The van der Waals surface area contributed by atoms with Crippen LogP contribution in [0.5, 0.6) is 0 Å². The molecule has 1 atom stereocenters. The third-order valence-electron chi connectivity index (χ3n) is 3.00. The molecule has 2 aromatic rings. The maximum Gasteiger partial charge on any atom is 0.269 e. The smallest absolute Gasteiger partial charge is 0.269 e. The average Bonchev–Trinajstić information content (AvgIpc) is 2.46. The Bertz CT molecular complexity index is 598. The maximum absolute atomic E-state index is 10.8. The van der Waals surface area contributed by atoms with E-state index in [9.17, 15) is 10.1 Å². The molecule has 0 spiro atoms. The third-order valence-corrected chi connectivity index (χ3v) is 3.00. The normalized spacial score (nSPS) is 12.1. The summed E-state index contributed by atoms with van der Waals surface area (Å²) < 4.78 is 0. The highest BCUT2D eigenvalue weighted by Crippen LogP contribution is 2.19. The molecule has 1 heterocycles. The van der Waals surface area contributed by atoms with Crippen molar-refractivity contribution in [3.8, 4) is 0 Å². The summed E-state index contributed by atoms with van der Waals surface area (Å²) in [7, 11) is 0. The van der Waals surface area contributed by atoms with Gasteiger partial charge < -0.3 is 5.32 Å². The standard InChI is InChI=1S/C14H16N4O2/c1-10-7-17-13(8-15-10)9-16-11(2)12-4-3-5-14(6-12)18(19)20/h3-8,11,16H,9H2,1-2H3. The van der Waals surface area contributed by atoms with Crippen molar-refractivity contribution < 1.29 is 4.92 Å². The average molecular weight is 272 g/mol. The Labute approximate surface area is 117 Å². The Morgan fingerprint density at radius 1 is 1.35 bits per heavy atom. The number of aryl methyl sites for hydroxylation is 1. The molecule has 1 aromatic heterocycles. The Hall–Kier alpha value is -2.34. The van der Waals surface area contributed by atoms with Gasteiger partial charge in [-0.25, -0.2) is 0 Å². The predicted octanol–water partition coefficient (Wildman–Crippen LogP) is 2.54. The molecule has 0 amide bonds. The molecule has 1 aromatic carbocycles. The highest BCUT2D eigenvalue weighted by molar-refractivity contribution is 5.35. The van der Waals surface area contributed by atoms with E-state index in [1.807, 2.05) is 19.9 Å². The summed E-state index contributed by atoms with van der Waals surface area (Å²) in [6, 6.07) is 6.63. The zero-order chi connectivity index (χ0) is 14.5. The molecule has 6 nitrogen and oxygen atoms in total. The van der Waals surface area contributed by atoms with Gasteiger partial charge in [-0.2, -0.15) is 0 Å². The van der Waals surface area contributed by atoms with E-state index in [0.717, 1.165) is 17.0 Å². The van der Waals surface area contributed by atoms with Crippen LogP contribution in [0.4, 0.5) is 5.69 Å². The third kappa shape index (κ3) is 3.58. The van der Waals surface area contributed by atoms with E-state index in [2.05, 4.69) is 15.3 Å². The predicted molar refractivity (Wildman–Crippen MR) is 75.1 cm³/mol. The Morgan fingerprint density at radius 2 is 2.15 bits per heavy atom. The number of nitrogens with one attached hydrogen (secondary N) is 1. The van der Waals surface area contributed by atoms with Gasteiger partial charge in [-0.15, -0.1) is 0 Å². The molecule has 104 valence electrons. The number of nitrogens with zero attached hydrogens (tertiary/aromatic N) is 3. The van der Waals surface area contributed by atoms with Crippen LogP contribution in [-0.4, -0.2) is 14.9 Å². The first kappa shape index (κ1) is 14.1. The van der Waals surface area contributed by atoms with Gasteiger partial charge in [-0.05, 0) is 19.4 Å². The SMILES string of the molecule is Cc1cnc(CNC(C)c2cccc([N+](=O)[O-])c2)cn1. The first-order valence-corrected chi connectivity index (χ1v) is 6.31. The summed E-state index contributed by atoms with van der Waals surface area (Å²) >= 11 is 0. The van der Waals surface area contributed by atoms with E-state index in [1.165, 1.54) is 6.07 Å². The van der Waals surface area contributed by atoms with Crippen molar-refractivity contribution in [1.29, 1.82) is 0 Å². The number of aromatic nitrogens is 2. The van der Waals surface area contributed by atoms with Gasteiger partial charge in [0.2, 0.25) is 0 Å². The van der Waals surface area contributed by atoms with Gasteiger partial charge in [0.25, 0.3) is 5.69 Å². The summed E-state index contributed by atoms with van der Waals surface area (Å²) in [6.07, 6.45) is 3.44. The zero-order valence-electron chi connectivity index (χ0n) is 11.4. The van der Waals surface area contributed by atoms with Gasteiger partial charge in [0.05, 0.1) is 16.3 Å². The van der Waals surface area contributed by atoms with Gasteiger partial charge in [0, 0.05) is 37.1 Å². The molecule has 0 radical (unpaired) electrons. The molecule has 1 unspecified atom stereocenters. The van der Waals surface area contributed by atoms with Crippen LogP contribution in [0.15, 0.2) is 36.7 Å². The molecule has 0 aliphatic carbocycles. The highest BCUT2D eigenvalue weighted by atomic mass is 16.6. The fourth-order valence-corrected chi connectivity index (χ4v) is 1.79. The van der Waals surface area contributed by atoms with Gasteiger partial charge >= 0.3 is 0 Å². The second-order valence-corrected chi connectivity index (χ2v) is 4.60. The monoisotopic (exact) mass is 272 g/mol. The number of rotatable bonds is 5. The molecule has 1 N–H and O–H groups in total. The first-order chi connectivity index (χ1) is 9.56. The number of nitro groups is 1. The van der Waals surface area contributed by atoms with Crippen LogP contribution in [-0.2, 0) is 6.54 Å². The minimum absolute atomic E-state index is 0.00185. The minimum Gasteiger partial charge on any atom is -0.305 e. The van der Waals surface area contributed by atoms with Crippen molar-refractivity contribution in [2.75, 3.05) is 0 Å². The van der Waals surface area contributed by atoms with E-state index in [0.29, 0.717) is 6.54 Å². The second-order valence-electron chi connectivity index (χ2n) is 4.60.